The van der Waals surface area contributed by atoms with Crippen LogP contribution in [-0.2, 0) is 16.1 Å². The second-order valence-electron chi connectivity index (χ2n) is 7.29. The molecule has 2 heterocycles. The van der Waals surface area contributed by atoms with Crippen LogP contribution in [-0.4, -0.2) is 40.8 Å². The molecule has 0 radical (unpaired) electrons. The number of imide groups is 1. The van der Waals surface area contributed by atoms with Crippen LogP contribution in [0.5, 0.6) is 5.75 Å². The molecule has 0 N–H and O–H groups in total. The molecule has 3 aromatic rings. The Hall–Kier alpha value is -3.52. The van der Waals surface area contributed by atoms with Crippen LogP contribution in [0, 0.1) is 0 Å². The molecule has 0 bridgehead atoms. The Morgan fingerprint density at radius 1 is 1.16 bits per heavy atom. The number of aromatic nitrogens is 1. The van der Waals surface area contributed by atoms with Gasteiger partial charge in [0.15, 0.2) is 0 Å². The third kappa shape index (κ3) is 4.40. The number of hydrogen-bond acceptors (Lipinski definition) is 5. The SMILES string of the molecule is COc1cccc(C(=O)N(Cc2cccnc2)C2CC(=O)N(c3ccc(Br)cc3)C2=O)c1. The lowest BCUT2D eigenvalue weighted by molar-refractivity contribution is -0.122. The second kappa shape index (κ2) is 9.32. The Bertz CT molecular complexity index is 1150. The number of anilines is 1. The second-order valence-corrected chi connectivity index (χ2v) is 8.21. The summed E-state index contributed by atoms with van der Waals surface area (Å²) in [5.74, 6) is -0.617. The number of amides is 3. The first kappa shape index (κ1) is 21.7. The number of carbonyl (C=O) groups excluding carboxylic acids is 3. The molecule has 3 amide bonds. The lowest BCUT2D eigenvalue weighted by Crippen LogP contribution is -2.45. The summed E-state index contributed by atoms with van der Waals surface area (Å²) < 4.78 is 6.07. The van der Waals surface area contributed by atoms with E-state index in [9.17, 15) is 14.4 Å². The predicted octanol–water partition coefficient (Wildman–Crippen LogP) is 3.83. The molecule has 1 unspecified atom stereocenters. The number of benzene rings is 2. The molecule has 7 nitrogen and oxygen atoms in total. The number of halogens is 1. The van der Waals surface area contributed by atoms with E-state index in [0.717, 1.165) is 14.9 Å². The van der Waals surface area contributed by atoms with E-state index < -0.39 is 11.9 Å². The van der Waals surface area contributed by atoms with E-state index in [-0.39, 0.29) is 24.8 Å². The average Bonchev–Trinajstić information content (AvgIpc) is 3.12. The van der Waals surface area contributed by atoms with Crippen LogP contribution in [0.1, 0.15) is 22.3 Å². The molecule has 1 fully saturated rings. The molecule has 4 rings (SSSR count). The van der Waals surface area contributed by atoms with Gasteiger partial charge in [-0.3, -0.25) is 19.4 Å². The minimum atomic E-state index is -0.926. The molecule has 32 heavy (non-hydrogen) atoms. The van der Waals surface area contributed by atoms with Crippen LogP contribution in [0.4, 0.5) is 5.69 Å². The zero-order valence-electron chi connectivity index (χ0n) is 17.3. The average molecular weight is 494 g/mol. The van der Waals surface area contributed by atoms with Gasteiger partial charge in [-0.25, -0.2) is 4.90 Å². The van der Waals surface area contributed by atoms with E-state index in [1.54, 1.807) is 67.0 Å². The van der Waals surface area contributed by atoms with Crippen molar-refractivity contribution in [2.24, 2.45) is 0 Å². The Morgan fingerprint density at radius 3 is 2.62 bits per heavy atom. The summed E-state index contributed by atoms with van der Waals surface area (Å²) in [5, 5.41) is 0. The van der Waals surface area contributed by atoms with Gasteiger partial charge in [0.05, 0.1) is 19.2 Å². The highest BCUT2D eigenvalue weighted by Crippen LogP contribution is 2.29. The summed E-state index contributed by atoms with van der Waals surface area (Å²) in [6.07, 6.45) is 3.18. The smallest absolute Gasteiger partial charge is 0.257 e. The van der Waals surface area contributed by atoms with Crippen LogP contribution in [0.15, 0.2) is 77.5 Å². The molecule has 8 heteroatoms. The minimum Gasteiger partial charge on any atom is -0.497 e. The fourth-order valence-corrected chi connectivity index (χ4v) is 3.92. The van der Waals surface area contributed by atoms with Gasteiger partial charge < -0.3 is 9.64 Å². The predicted molar refractivity (Wildman–Crippen MR) is 122 cm³/mol. The molecule has 1 atom stereocenters. The Balaban J connectivity index is 1.69. The Labute approximate surface area is 193 Å². The van der Waals surface area contributed by atoms with Crippen molar-refractivity contribution in [3.8, 4) is 5.75 Å². The Kier molecular flexibility index (Phi) is 6.32. The fourth-order valence-electron chi connectivity index (χ4n) is 3.65. The highest BCUT2D eigenvalue weighted by Gasteiger charge is 2.44. The third-order valence-corrected chi connectivity index (χ3v) is 5.77. The van der Waals surface area contributed by atoms with Crippen LogP contribution in [0.3, 0.4) is 0 Å². The van der Waals surface area contributed by atoms with Crippen molar-refractivity contribution < 1.29 is 19.1 Å². The van der Waals surface area contributed by atoms with E-state index in [4.69, 9.17) is 4.74 Å². The van der Waals surface area contributed by atoms with Gasteiger partial charge in [-0.15, -0.1) is 0 Å². The highest BCUT2D eigenvalue weighted by atomic mass is 79.9. The van der Waals surface area contributed by atoms with Crippen molar-refractivity contribution >= 4 is 39.3 Å². The largest absolute Gasteiger partial charge is 0.497 e. The monoisotopic (exact) mass is 493 g/mol. The molecule has 0 spiro atoms. The maximum atomic E-state index is 13.5. The number of carbonyl (C=O) groups is 3. The van der Waals surface area contributed by atoms with Gasteiger partial charge in [-0.1, -0.05) is 28.1 Å². The van der Waals surface area contributed by atoms with Crippen molar-refractivity contribution in [3.05, 3.63) is 88.7 Å². The Morgan fingerprint density at radius 2 is 1.94 bits per heavy atom. The van der Waals surface area contributed by atoms with Crippen molar-refractivity contribution in [1.82, 2.24) is 9.88 Å². The van der Waals surface area contributed by atoms with Crippen LogP contribution >= 0.6 is 15.9 Å². The molecule has 162 valence electrons. The molecule has 0 aliphatic carbocycles. The number of hydrogen-bond donors (Lipinski definition) is 0. The van der Waals surface area contributed by atoms with Gasteiger partial charge in [0.2, 0.25) is 5.91 Å². The number of pyridine rings is 1. The number of ether oxygens (including phenoxy) is 1. The van der Waals surface area contributed by atoms with Gasteiger partial charge in [-0.2, -0.15) is 0 Å². The number of rotatable bonds is 6. The summed E-state index contributed by atoms with van der Waals surface area (Å²) in [4.78, 5) is 46.4. The van der Waals surface area contributed by atoms with Gasteiger partial charge in [0, 0.05) is 29.0 Å². The zero-order chi connectivity index (χ0) is 22.7. The van der Waals surface area contributed by atoms with Gasteiger partial charge >= 0.3 is 0 Å². The van der Waals surface area contributed by atoms with Crippen molar-refractivity contribution in [2.75, 3.05) is 12.0 Å². The van der Waals surface area contributed by atoms with E-state index in [0.29, 0.717) is 17.0 Å². The molecule has 1 aliphatic heterocycles. The highest BCUT2D eigenvalue weighted by molar-refractivity contribution is 9.10. The van der Waals surface area contributed by atoms with Crippen LogP contribution < -0.4 is 9.64 Å². The summed E-state index contributed by atoms with van der Waals surface area (Å²) >= 11 is 3.36. The maximum absolute atomic E-state index is 13.5. The summed E-state index contributed by atoms with van der Waals surface area (Å²) in [6.45, 7) is 0.141. The lowest BCUT2D eigenvalue weighted by atomic mass is 10.1. The first-order valence-electron chi connectivity index (χ1n) is 9.94. The summed E-state index contributed by atoms with van der Waals surface area (Å²) in [6, 6.07) is 16.3. The molecule has 1 aliphatic rings. The molecular formula is C24H20BrN3O4. The first-order valence-corrected chi connectivity index (χ1v) is 10.7. The summed E-state index contributed by atoms with van der Waals surface area (Å²) in [5.41, 5.74) is 1.60. The topological polar surface area (TPSA) is 79.8 Å². The molecule has 1 aromatic heterocycles. The van der Waals surface area contributed by atoms with Crippen LogP contribution in [0.25, 0.3) is 0 Å². The van der Waals surface area contributed by atoms with Gasteiger partial charge in [0.1, 0.15) is 11.8 Å². The number of nitrogens with zero attached hydrogens (tertiary/aromatic N) is 3. The van der Waals surface area contributed by atoms with Gasteiger partial charge in [-0.05, 0) is 54.1 Å². The maximum Gasteiger partial charge on any atom is 0.257 e. The van der Waals surface area contributed by atoms with Crippen LogP contribution in [0.2, 0.25) is 0 Å². The van der Waals surface area contributed by atoms with E-state index in [1.165, 1.54) is 12.0 Å². The third-order valence-electron chi connectivity index (χ3n) is 5.24. The lowest BCUT2D eigenvalue weighted by Gasteiger charge is -2.28. The van der Waals surface area contributed by atoms with Crippen molar-refractivity contribution in [2.45, 2.75) is 19.0 Å². The van der Waals surface area contributed by atoms with E-state index >= 15 is 0 Å². The summed E-state index contributed by atoms with van der Waals surface area (Å²) in [7, 11) is 1.52. The van der Waals surface area contributed by atoms with Crippen molar-refractivity contribution in [3.63, 3.8) is 0 Å². The quantitative estimate of drug-likeness (QED) is 0.487. The van der Waals surface area contributed by atoms with E-state index in [2.05, 4.69) is 20.9 Å². The standard InChI is InChI=1S/C24H20BrN3O4/c1-32-20-6-2-5-17(12-20)23(30)27(15-16-4-3-11-26-14-16)21-13-22(29)28(24(21)31)19-9-7-18(25)8-10-19/h2-12,14,21H,13,15H2,1H3. The molecular weight excluding hydrogens is 474 g/mol. The van der Waals surface area contributed by atoms with E-state index in [1.807, 2.05) is 6.07 Å². The normalized spacial score (nSPS) is 15.7. The van der Waals surface area contributed by atoms with Crippen molar-refractivity contribution in [1.29, 1.82) is 0 Å². The molecule has 0 saturated carbocycles. The zero-order valence-corrected chi connectivity index (χ0v) is 18.9. The van der Waals surface area contributed by atoms with Gasteiger partial charge in [0.25, 0.3) is 11.8 Å². The molecule has 2 aromatic carbocycles. The molecule has 1 saturated heterocycles. The fraction of sp³-hybridized carbons (Fsp3) is 0.167. The number of methoxy groups -OCH3 is 1. The first-order chi connectivity index (χ1) is 15.5. The minimum absolute atomic E-state index is 0.0924.